The fourth-order valence-electron chi connectivity index (χ4n) is 4.05. The molecule has 0 unspecified atom stereocenters. The molecule has 2 aromatic carbocycles. The van der Waals surface area contributed by atoms with E-state index in [2.05, 4.69) is 15.6 Å². The molecule has 2 aliphatic rings. The SMILES string of the molecule is O=C(CC[C@H]1NC(=O)N(CCc2c[nH]c3ccc(Cl)cc23)C1=O)Nc1ccc2c(c1)OCO2. The first-order valence-corrected chi connectivity index (χ1v) is 10.9. The second kappa shape index (κ2) is 8.67. The molecule has 3 heterocycles. The van der Waals surface area contributed by atoms with Crippen molar-refractivity contribution in [3.05, 3.63) is 53.2 Å². The van der Waals surface area contributed by atoms with E-state index in [1.54, 1.807) is 24.3 Å². The Hall–Kier alpha value is -3.72. The number of imide groups is 1. The van der Waals surface area contributed by atoms with Crippen molar-refractivity contribution < 1.29 is 23.9 Å². The molecule has 0 aliphatic carbocycles. The molecule has 1 atom stereocenters. The topological polar surface area (TPSA) is 113 Å². The van der Waals surface area contributed by atoms with Crippen LogP contribution in [-0.4, -0.2) is 47.1 Å². The minimum absolute atomic E-state index is 0.0832. The number of carbonyl (C=O) groups excluding carboxylic acids is 3. The zero-order valence-electron chi connectivity index (χ0n) is 17.5. The lowest BCUT2D eigenvalue weighted by Gasteiger charge is -2.13. The molecule has 170 valence electrons. The number of halogens is 1. The number of nitrogens with one attached hydrogen (secondary N) is 3. The van der Waals surface area contributed by atoms with Crippen molar-refractivity contribution in [3.8, 4) is 11.5 Å². The van der Waals surface area contributed by atoms with Crippen molar-refractivity contribution in [3.63, 3.8) is 0 Å². The summed E-state index contributed by atoms with van der Waals surface area (Å²) in [6, 6.07) is 9.50. The van der Waals surface area contributed by atoms with Crippen LogP contribution in [-0.2, 0) is 16.0 Å². The van der Waals surface area contributed by atoms with E-state index in [1.165, 1.54) is 4.90 Å². The van der Waals surface area contributed by atoms with Gasteiger partial charge in [0.1, 0.15) is 6.04 Å². The number of nitrogens with zero attached hydrogens (tertiary/aromatic N) is 1. The number of hydrogen-bond donors (Lipinski definition) is 3. The van der Waals surface area contributed by atoms with Crippen LogP contribution in [0.2, 0.25) is 5.02 Å². The monoisotopic (exact) mass is 468 g/mol. The molecule has 1 fully saturated rings. The van der Waals surface area contributed by atoms with Crippen LogP contribution in [0.15, 0.2) is 42.6 Å². The second-order valence-corrected chi connectivity index (χ2v) is 8.34. The van der Waals surface area contributed by atoms with E-state index < -0.39 is 12.1 Å². The fourth-order valence-corrected chi connectivity index (χ4v) is 4.22. The maximum atomic E-state index is 12.7. The van der Waals surface area contributed by atoms with E-state index in [9.17, 15) is 14.4 Å². The second-order valence-electron chi connectivity index (χ2n) is 7.90. The first kappa shape index (κ1) is 21.1. The number of aromatic amines is 1. The molecule has 4 amide bonds. The van der Waals surface area contributed by atoms with Crippen molar-refractivity contribution in [1.29, 1.82) is 0 Å². The Balaban J connectivity index is 1.15. The third kappa shape index (κ3) is 4.31. The zero-order chi connectivity index (χ0) is 22.9. The van der Waals surface area contributed by atoms with Gasteiger partial charge in [-0.15, -0.1) is 0 Å². The molecular weight excluding hydrogens is 448 g/mol. The number of hydrogen-bond acceptors (Lipinski definition) is 5. The number of urea groups is 1. The molecule has 0 spiro atoms. The Morgan fingerprint density at radius 3 is 2.88 bits per heavy atom. The van der Waals surface area contributed by atoms with E-state index in [1.807, 2.05) is 18.3 Å². The van der Waals surface area contributed by atoms with Crippen molar-refractivity contribution in [2.45, 2.75) is 25.3 Å². The Kier molecular flexibility index (Phi) is 5.55. The van der Waals surface area contributed by atoms with Crippen LogP contribution in [0.4, 0.5) is 10.5 Å². The minimum atomic E-state index is -0.725. The van der Waals surface area contributed by atoms with E-state index in [-0.39, 0.29) is 38.0 Å². The molecular formula is C23H21ClN4O5. The number of ether oxygens (including phenoxy) is 2. The van der Waals surface area contributed by atoms with Crippen molar-refractivity contribution in [2.24, 2.45) is 0 Å². The molecule has 2 aliphatic heterocycles. The van der Waals surface area contributed by atoms with Crippen LogP contribution in [0.25, 0.3) is 10.9 Å². The first-order chi connectivity index (χ1) is 16.0. The summed E-state index contributed by atoms with van der Waals surface area (Å²) in [4.78, 5) is 41.8. The number of H-pyrrole nitrogens is 1. The average molecular weight is 469 g/mol. The van der Waals surface area contributed by atoms with Gasteiger partial charge in [0, 0.05) is 46.8 Å². The van der Waals surface area contributed by atoms with E-state index >= 15 is 0 Å². The quantitative estimate of drug-likeness (QED) is 0.460. The Morgan fingerprint density at radius 1 is 1.15 bits per heavy atom. The molecule has 33 heavy (non-hydrogen) atoms. The highest BCUT2D eigenvalue weighted by Gasteiger charge is 2.37. The molecule has 0 bridgehead atoms. The number of amides is 4. The predicted octanol–water partition coefficient (Wildman–Crippen LogP) is 3.43. The summed E-state index contributed by atoms with van der Waals surface area (Å²) in [7, 11) is 0. The van der Waals surface area contributed by atoms with Crippen molar-refractivity contribution in [1.82, 2.24) is 15.2 Å². The highest BCUT2D eigenvalue weighted by Crippen LogP contribution is 2.34. The number of anilines is 1. The summed E-state index contributed by atoms with van der Waals surface area (Å²) in [6.45, 7) is 0.394. The molecule has 9 nitrogen and oxygen atoms in total. The van der Waals surface area contributed by atoms with Crippen molar-refractivity contribution in [2.75, 3.05) is 18.7 Å². The van der Waals surface area contributed by atoms with Gasteiger partial charge in [0.2, 0.25) is 12.7 Å². The molecule has 3 N–H and O–H groups in total. The van der Waals surface area contributed by atoms with Gasteiger partial charge >= 0.3 is 6.03 Å². The van der Waals surface area contributed by atoms with Crippen LogP contribution in [0, 0.1) is 0 Å². The van der Waals surface area contributed by atoms with Crippen LogP contribution in [0.1, 0.15) is 18.4 Å². The van der Waals surface area contributed by atoms with E-state index in [0.29, 0.717) is 28.6 Å². The van der Waals surface area contributed by atoms with Crippen LogP contribution in [0.5, 0.6) is 11.5 Å². The van der Waals surface area contributed by atoms with Gasteiger partial charge in [0.25, 0.3) is 5.91 Å². The summed E-state index contributed by atoms with van der Waals surface area (Å²) in [6.07, 6.45) is 2.65. The number of carbonyl (C=O) groups is 3. The van der Waals surface area contributed by atoms with Gasteiger partial charge < -0.3 is 25.1 Å². The van der Waals surface area contributed by atoms with Crippen LogP contribution >= 0.6 is 11.6 Å². The van der Waals surface area contributed by atoms with Gasteiger partial charge in [0.05, 0.1) is 0 Å². The van der Waals surface area contributed by atoms with Gasteiger partial charge in [-0.2, -0.15) is 0 Å². The number of rotatable bonds is 7. The lowest BCUT2D eigenvalue weighted by Crippen LogP contribution is -2.33. The first-order valence-electron chi connectivity index (χ1n) is 10.5. The predicted molar refractivity (Wildman–Crippen MR) is 121 cm³/mol. The number of aromatic nitrogens is 1. The lowest BCUT2D eigenvalue weighted by atomic mass is 10.1. The van der Waals surface area contributed by atoms with Crippen LogP contribution in [0.3, 0.4) is 0 Å². The molecule has 3 aromatic rings. The van der Waals surface area contributed by atoms with Gasteiger partial charge in [-0.1, -0.05) is 11.6 Å². The summed E-state index contributed by atoms with van der Waals surface area (Å²) in [5, 5.41) is 7.03. The summed E-state index contributed by atoms with van der Waals surface area (Å²) < 4.78 is 10.5. The highest BCUT2D eigenvalue weighted by molar-refractivity contribution is 6.31. The standard InChI is InChI=1S/C23H21ClN4O5/c24-14-1-3-17-16(9-14)13(11-25-17)7-8-28-22(30)18(27-23(28)31)4-6-21(29)26-15-2-5-19-20(10-15)33-12-32-19/h1-3,5,9-11,18,25H,4,6-8,12H2,(H,26,29)(H,27,31)/t18-/m1/s1. The molecule has 0 saturated carbocycles. The Bertz CT molecular complexity index is 1260. The summed E-state index contributed by atoms with van der Waals surface area (Å²) >= 11 is 6.09. The Labute approximate surface area is 194 Å². The number of benzene rings is 2. The largest absolute Gasteiger partial charge is 0.454 e. The minimum Gasteiger partial charge on any atom is -0.454 e. The third-order valence-electron chi connectivity index (χ3n) is 5.76. The number of fused-ring (bicyclic) bond motifs is 2. The lowest BCUT2D eigenvalue weighted by molar-refractivity contribution is -0.127. The van der Waals surface area contributed by atoms with Crippen molar-refractivity contribution >= 4 is 46.0 Å². The highest BCUT2D eigenvalue weighted by atomic mass is 35.5. The van der Waals surface area contributed by atoms with E-state index in [4.69, 9.17) is 21.1 Å². The maximum absolute atomic E-state index is 12.7. The van der Waals surface area contributed by atoms with Gasteiger partial charge in [-0.05, 0) is 48.7 Å². The van der Waals surface area contributed by atoms with Crippen LogP contribution < -0.4 is 20.1 Å². The summed E-state index contributed by atoms with van der Waals surface area (Å²) in [5.41, 5.74) is 2.49. The molecule has 5 rings (SSSR count). The molecule has 1 aromatic heterocycles. The normalized spacial score (nSPS) is 17.0. The van der Waals surface area contributed by atoms with Gasteiger partial charge in [-0.25, -0.2) is 4.79 Å². The molecule has 0 radical (unpaired) electrons. The summed E-state index contributed by atoms with van der Waals surface area (Å²) in [5.74, 6) is 0.612. The molecule has 10 heteroatoms. The molecule has 1 saturated heterocycles. The average Bonchev–Trinajstić information content (AvgIpc) is 3.48. The van der Waals surface area contributed by atoms with Gasteiger partial charge in [0.15, 0.2) is 11.5 Å². The van der Waals surface area contributed by atoms with E-state index in [0.717, 1.165) is 16.5 Å². The zero-order valence-corrected chi connectivity index (χ0v) is 18.3. The smallest absolute Gasteiger partial charge is 0.324 e. The fraction of sp³-hybridized carbons (Fsp3) is 0.261. The Morgan fingerprint density at radius 2 is 2.00 bits per heavy atom. The maximum Gasteiger partial charge on any atom is 0.324 e. The van der Waals surface area contributed by atoms with Gasteiger partial charge in [-0.3, -0.25) is 14.5 Å². The third-order valence-corrected chi connectivity index (χ3v) is 5.99.